The van der Waals surface area contributed by atoms with E-state index in [1.807, 2.05) is 49.0 Å². The predicted molar refractivity (Wildman–Crippen MR) is 100 cm³/mol. The Morgan fingerprint density at radius 1 is 1.00 bits per heavy atom. The summed E-state index contributed by atoms with van der Waals surface area (Å²) in [7, 11) is 0. The van der Waals surface area contributed by atoms with Crippen molar-refractivity contribution in [3.05, 3.63) is 83.7 Å². The molecule has 0 amide bonds. The van der Waals surface area contributed by atoms with Gasteiger partial charge in [0.2, 0.25) is 0 Å². The second kappa shape index (κ2) is 6.79. The van der Waals surface area contributed by atoms with Gasteiger partial charge in [0.1, 0.15) is 0 Å². The van der Waals surface area contributed by atoms with Crippen LogP contribution in [0.2, 0.25) is 0 Å². The highest BCUT2D eigenvalue weighted by atomic mass is 16.5. The average molecular weight is 346 g/mol. The number of aromatic nitrogens is 2. The summed E-state index contributed by atoms with van der Waals surface area (Å²) in [6.07, 6.45) is 1.95. The van der Waals surface area contributed by atoms with Crippen molar-refractivity contribution in [2.75, 3.05) is 6.61 Å². The lowest BCUT2D eigenvalue weighted by molar-refractivity contribution is -0.144. The van der Waals surface area contributed by atoms with E-state index in [1.54, 1.807) is 0 Å². The van der Waals surface area contributed by atoms with Crippen LogP contribution in [-0.2, 0) is 9.53 Å². The van der Waals surface area contributed by atoms with Gasteiger partial charge in [0.25, 0.3) is 0 Å². The summed E-state index contributed by atoms with van der Waals surface area (Å²) >= 11 is 0. The summed E-state index contributed by atoms with van der Waals surface area (Å²) < 4.78 is 7.18. The maximum Gasteiger partial charge on any atom is 0.310 e. The summed E-state index contributed by atoms with van der Waals surface area (Å²) in [5.74, 6) is 0.159. The van der Waals surface area contributed by atoms with Crippen molar-refractivity contribution in [2.24, 2.45) is 5.92 Å². The molecule has 1 heterocycles. The molecule has 0 radical (unpaired) electrons. The van der Waals surface area contributed by atoms with Crippen LogP contribution in [0.4, 0.5) is 0 Å². The Kier molecular flexibility index (Phi) is 4.33. The number of carbonyl (C=O) groups excluding carboxylic acids is 1. The second-order valence-corrected chi connectivity index (χ2v) is 6.73. The number of hydrogen-bond acceptors (Lipinski definition) is 3. The monoisotopic (exact) mass is 346 g/mol. The third-order valence-corrected chi connectivity index (χ3v) is 5.03. The molecule has 3 aromatic rings. The van der Waals surface area contributed by atoms with Gasteiger partial charge in [-0.2, -0.15) is 5.10 Å². The fraction of sp³-hybridized carbons (Fsp3) is 0.273. The molecular formula is C22H22N2O2. The molecule has 0 aliphatic heterocycles. The van der Waals surface area contributed by atoms with Crippen molar-refractivity contribution >= 4 is 5.97 Å². The Labute approximate surface area is 153 Å². The van der Waals surface area contributed by atoms with E-state index >= 15 is 0 Å². The maximum absolute atomic E-state index is 12.4. The molecule has 1 aliphatic carbocycles. The number of benzene rings is 2. The summed E-state index contributed by atoms with van der Waals surface area (Å²) in [6, 6.07) is 20.5. The lowest BCUT2D eigenvalue weighted by Crippen LogP contribution is -2.08. The lowest BCUT2D eigenvalue weighted by Gasteiger charge is -2.05. The molecule has 4 heteroatoms. The fourth-order valence-electron chi connectivity index (χ4n) is 3.76. The molecule has 1 fully saturated rings. The van der Waals surface area contributed by atoms with E-state index < -0.39 is 0 Å². The first kappa shape index (κ1) is 16.6. The van der Waals surface area contributed by atoms with Crippen molar-refractivity contribution in [3.63, 3.8) is 0 Å². The Morgan fingerprint density at radius 3 is 2.23 bits per heavy atom. The molecule has 0 bridgehead atoms. The Balaban J connectivity index is 1.61. The van der Waals surface area contributed by atoms with E-state index in [0.717, 1.165) is 11.4 Å². The molecule has 0 saturated heterocycles. The molecule has 3 atom stereocenters. The number of ether oxygens (including phenoxy) is 1. The molecule has 1 aromatic heterocycles. The number of rotatable bonds is 5. The van der Waals surface area contributed by atoms with Crippen LogP contribution in [0.3, 0.4) is 0 Å². The van der Waals surface area contributed by atoms with Crippen molar-refractivity contribution in [1.82, 2.24) is 9.78 Å². The minimum atomic E-state index is -0.102. The molecule has 0 N–H and O–H groups in total. The van der Waals surface area contributed by atoms with Crippen molar-refractivity contribution in [2.45, 2.75) is 25.7 Å². The zero-order valence-corrected chi connectivity index (χ0v) is 15.0. The zero-order chi connectivity index (χ0) is 18.1. The van der Waals surface area contributed by atoms with E-state index in [9.17, 15) is 4.79 Å². The maximum atomic E-state index is 12.4. The molecule has 1 aliphatic rings. The first-order valence-corrected chi connectivity index (χ1v) is 9.03. The van der Waals surface area contributed by atoms with Crippen LogP contribution >= 0.6 is 0 Å². The van der Waals surface area contributed by atoms with Gasteiger partial charge in [-0.3, -0.25) is 4.79 Å². The third kappa shape index (κ3) is 3.03. The number of hydrogen-bond donors (Lipinski definition) is 0. The van der Waals surface area contributed by atoms with E-state index in [1.165, 1.54) is 11.1 Å². The SMILES string of the molecule is CCOC(=O)[C@@H]1[C@H](c2ccccc2)[C@H]1c1ccc(-n2ccc(C)n2)cc1. The van der Waals surface area contributed by atoms with Gasteiger partial charge in [0.15, 0.2) is 0 Å². The molecule has 4 nitrogen and oxygen atoms in total. The van der Waals surface area contributed by atoms with Gasteiger partial charge in [0, 0.05) is 18.0 Å². The van der Waals surface area contributed by atoms with Crippen LogP contribution in [0, 0.1) is 12.8 Å². The third-order valence-electron chi connectivity index (χ3n) is 5.03. The van der Waals surface area contributed by atoms with Gasteiger partial charge in [0.05, 0.1) is 23.9 Å². The summed E-state index contributed by atoms with van der Waals surface area (Å²) in [4.78, 5) is 12.4. The summed E-state index contributed by atoms with van der Waals surface area (Å²) in [6.45, 7) is 4.25. The summed E-state index contributed by atoms with van der Waals surface area (Å²) in [5, 5.41) is 4.44. The second-order valence-electron chi connectivity index (χ2n) is 6.73. The smallest absolute Gasteiger partial charge is 0.310 e. The topological polar surface area (TPSA) is 44.1 Å². The van der Waals surface area contributed by atoms with Gasteiger partial charge in [-0.15, -0.1) is 0 Å². The number of carbonyl (C=O) groups is 1. The van der Waals surface area contributed by atoms with Crippen LogP contribution in [-0.4, -0.2) is 22.4 Å². The first-order valence-electron chi connectivity index (χ1n) is 9.03. The van der Waals surface area contributed by atoms with Gasteiger partial charge in [-0.25, -0.2) is 4.68 Å². The van der Waals surface area contributed by atoms with Crippen molar-refractivity contribution in [1.29, 1.82) is 0 Å². The van der Waals surface area contributed by atoms with Crippen LogP contribution in [0.5, 0.6) is 0 Å². The van der Waals surface area contributed by atoms with Gasteiger partial charge in [-0.1, -0.05) is 42.5 Å². The van der Waals surface area contributed by atoms with Crippen LogP contribution < -0.4 is 0 Å². The van der Waals surface area contributed by atoms with E-state index in [-0.39, 0.29) is 23.7 Å². The Bertz CT molecular complexity index is 899. The molecule has 2 aromatic carbocycles. The van der Waals surface area contributed by atoms with Crippen molar-refractivity contribution < 1.29 is 9.53 Å². The minimum Gasteiger partial charge on any atom is -0.466 e. The average Bonchev–Trinajstić information content (AvgIpc) is 3.28. The van der Waals surface area contributed by atoms with Gasteiger partial charge in [-0.05, 0) is 43.2 Å². The minimum absolute atomic E-state index is 0.0990. The van der Waals surface area contributed by atoms with Crippen molar-refractivity contribution in [3.8, 4) is 5.69 Å². The standard InChI is InChI=1S/C22H22N2O2/c1-3-26-22(25)21-19(16-7-5-4-6-8-16)20(21)17-9-11-18(12-10-17)24-14-13-15(2)23-24/h4-14,19-21H,3H2,1-2H3/t19-,20-,21-/m1/s1. The van der Waals surface area contributed by atoms with E-state index in [2.05, 4.69) is 41.5 Å². The highest BCUT2D eigenvalue weighted by Crippen LogP contribution is 2.60. The lowest BCUT2D eigenvalue weighted by atomic mass is 10.0. The molecule has 1 saturated carbocycles. The number of aryl methyl sites for hydroxylation is 1. The quantitative estimate of drug-likeness (QED) is 0.649. The summed E-state index contributed by atoms with van der Waals surface area (Å²) in [5.41, 5.74) is 4.38. The van der Waals surface area contributed by atoms with Crippen LogP contribution in [0.25, 0.3) is 5.69 Å². The van der Waals surface area contributed by atoms with Crippen LogP contribution in [0.1, 0.15) is 35.6 Å². The Hall–Kier alpha value is -2.88. The van der Waals surface area contributed by atoms with E-state index in [0.29, 0.717) is 6.61 Å². The van der Waals surface area contributed by atoms with Gasteiger partial charge >= 0.3 is 5.97 Å². The zero-order valence-electron chi connectivity index (χ0n) is 15.0. The molecule has 132 valence electrons. The van der Waals surface area contributed by atoms with Gasteiger partial charge < -0.3 is 4.74 Å². The first-order chi connectivity index (χ1) is 12.7. The predicted octanol–water partition coefficient (Wildman–Crippen LogP) is 4.24. The van der Waals surface area contributed by atoms with Crippen LogP contribution in [0.15, 0.2) is 66.9 Å². The molecule has 0 unspecified atom stereocenters. The molecule has 0 spiro atoms. The largest absolute Gasteiger partial charge is 0.466 e. The van der Waals surface area contributed by atoms with E-state index in [4.69, 9.17) is 4.74 Å². The number of esters is 1. The highest BCUT2D eigenvalue weighted by Gasteiger charge is 2.56. The highest BCUT2D eigenvalue weighted by molar-refractivity contribution is 5.80. The number of nitrogens with zero attached hydrogens (tertiary/aromatic N) is 2. The Morgan fingerprint density at radius 2 is 1.65 bits per heavy atom. The fourth-order valence-corrected chi connectivity index (χ4v) is 3.76. The molecule has 26 heavy (non-hydrogen) atoms. The normalized spacial score (nSPS) is 21.4. The molecular weight excluding hydrogens is 324 g/mol. The molecule has 4 rings (SSSR count).